The van der Waals surface area contributed by atoms with E-state index >= 15 is 0 Å². The van der Waals surface area contributed by atoms with Crippen LogP contribution in [0.15, 0.2) is 18.2 Å². The topological polar surface area (TPSA) is 55.1 Å². The van der Waals surface area contributed by atoms with Crippen LogP contribution in [0.3, 0.4) is 0 Å². The number of nitrogens with two attached hydrogens (primary N) is 1. The second kappa shape index (κ2) is 5.17. The van der Waals surface area contributed by atoms with Crippen LogP contribution >= 0.6 is 0 Å². The summed E-state index contributed by atoms with van der Waals surface area (Å²) in [5, 5.41) is 2.57. The molecular weight excluding hydrogens is 219 g/mol. The Hall–Kier alpha value is -1.58. The van der Waals surface area contributed by atoms with Gasteiger partial charge >= 0.3 is 0 Å². The fourth-order valence-electron chi connectivity index (χ4n) is 2.34. The Balaban J connectivity index is 1.97. The van der Waals surface area contributed by atoms with E-state index in [1.54, 1.807) is 6.07 Å². The Labute approximate surface area is 100 Å². The average molecular weight is 236 g/mol. The van der Waals surface area contributed by atoms with Gasteiger partial charge in [-0.3, -0.25) is 4.79 Å². The minimum absolute atomic E-state index is 0.107. The number of nitrogens with one attached hydrogen (secondary N) is 1. The molecule has 1 aromatic carbocycles. The lowest BCUT2D eigenvalue weighted by Gasteiger charge is -2.11. The predicted molar refractivity (Wildman–Crippen MR) is 66.0 cm³/mol. The SMILES string of the molecule is Nc1cccc(F)c1NC(=O)CC1CCCC1. The summed E-state index contributed by atoms with van der Waals surface area (Å²) in [7, 11) is 0. The summed E-state index contributed by atoms with van der Waals surface area (Å²) in [5.74, 6) is -0.179. The van der Waals surface area contributed by atoms with E-state index in [0.717, 1.165) is 12.8 Å². The highest BCUT2D eigenvalue weighted by atomic mass is 19.1. The summed E-state index contributed by atoms with van der Waals surface area (Å²) in [4.78, 5) is 11.7. The van der Waals surface area contributed by atoms with Gasteiger partial charge < -0.3 is 11.1 Å². The molecule has 0 aromatic heterocycles. The van der Waals surface area contributed by atoms with Crippen LogP contribution in [0.25, 0.3) is 0 Å². The first-order valence-corrected chi connectivity index (χ1v) is 6.00. The van der Waals surface area contributed by atoms with E-state index in [-0.39, 0.29) is 17.3 Å². The van der Waals surface area contributed by atoms with Crippen LogP contribution in [-0.4, -0.2) is 5.91 Å². The maximum Gasteiger partial charge on any atom is 0.224 e. The number of hydrogen-bond acceptors (Lipinski definition) is 2. The number of amides is 1. The van der Waals surface area contributed by atoms with E-state index in [9.17, 15) is 9.18 Å². The molecule has 0 unspecified atom stereocenters. The summed E-state index contributed by atoms with van der Waals surface area (Å²) in [6.45, 7) is 0. The van der Waals surface area contributed by atoms with Gasteiger partial charge in [-0.05, 0) is 30.9 Å². The van der Waals surface area contributed by atoms with Gasteiger partial charge in [0.2, 0.25) is 5.91 Å². The number of carbonyl (C=O) groups is 1. The molecular formula is C13H17FN2O. The van der Waals surface area contributed by atoms with Gasteiger partial charge in [-0.2, -0.15) is 0 Å². The number of anilines is 2. The van der Waals surface area contributed by atoms with Gasteiger partial charge in [0.1, 0.15) is 11.5 Å². The van der Waals surface area contributed by atoms with Crippen LogP contribution in [0.4, 0.5) is 15.8 Å². The van der Waals surface area contributed by atoms with Crippen LogP contribution in [0.2, 0.25) is 0 Å². The van der Waals surface area contributed by atoms with Crippen molar-refractivity contribution in [3.8, 4) is 0 Å². The Morgan fingerprint density at radius 2 is 2.12 bits per heavy atom. The summed E-state index contributed by atoms with van der Waals surface area (Å²) >= 11 is 0. The number of para-hydroxylation sites is 1. The van der Waals surface area contributed by atoms with Crippen molar-refractivity contribution in [1.82, 2.24) is 0 Å². The number of rotatable bonds is 3. The van der Waals surface area contributed by atoms with Crippen molar-refractivity contribution in [3.05, 3.63) is 24.0 Å². The van der Waals surface area contributed by atoms with E-state index in [2.05, 4.69) is 5.32 Å². The van der Waals surface area contributed by atoms with Gasteiger partial charge in [0, 0.05) is 6.42 Å². The van der Waals surface area contributed by atoms with Gasteiger partial charge in [-0.25, -0.2) is 4.39 Å². The van der Waals surface area contributed by atoms with E-state index in [1.807, 2.05) is 0 Å². The van der Waals surface area contributed by atoms with Crippen molar-refractivity contribution in [2.45, 2.75) is 32.1 Å². The smallest absolute Gasteiger partial charge is 0.224 e. The maximum atomic E-state index is 13.4. The zero-order chi connectivity index (χ0) is 12.3. The number of benzene rings is 1. The molecule has 1 aromatic rings. The lowest BCUT2D eigenvalue weighted by molar-refractivity contribution is -0.117. The largest absolute Gasteiger partial charge is 0.397 e. The molecule has 2 rings (SSSR count). The first-order chi connectivity index (χ1) is 8.16. The van der Waals surface area contributed by atoms with Crippen molar-refractivity contribution in [2.24, 2.45) is 5.92 Å². The molecule has 0 spiro atoms. The van der Waals surface area contributed by atoms with Crippen LogP contribution < -0.4 is 11.1 Å². The predicted octanol–water partition coefficient (Wildman–Crippen LogP) is 2.93. The van der Waals surface area contributed by atoms with Gasteiger partial charge in [0.25, 0.3) is 0 Å². The standard InChI is InChI=1S/C13H17FN2O/c14-10-6-3-7-11(15)13(10)16-12(17)8-9-4-1-2-5-9/h3,6-7,9H,1-2,4-5,8,15H2,(H,16,17). The van der Waals surface area contributed by atoms with Crippen LogP contribution in [-0.2, 0) is 4.79 Å². The van der Waals surface area contributed by atoms with E-state index in [0.29, 0.717) is 12.3 Å². The van der Waals surface area contributed by atoms with Gasteiger partial charge in [0.15, 0.2) is 0 Å². The molecule has 0 saturated heterocycles. The summed E-state index contributed by atoms with van der Waals surface area (Å²) in [6, 6.07) is 4.40. The molecule has 0 bridgehead atoms. The molecule has 1 aliphatic rings. The molecule has 1 aliphatic carbocycles. The van der Waals surface area contributed by atoms with Crippen molar-refractivity contribution in [3.63, 3.8) is 0 Å². The molecule has 92 valence electrons. The maximum absolute atomic E-state index is 13.4. The third kappa shape index (κ3) is 2.96. The number of halogens is 1. The zero-order valence-electron chi connectivity index (χ0n) is 9.71. The van der Waals surface area contributed by atoms with Gasteiger partial charge in [0.05, 0.1) is 5.69 Å². The van der Waals surface area contributed by atoms with Crippen LogP contribution in [0, 0.1) is 11.7 Å². The van der Waals surface area contributed by atoms with Gasteiger partial charge in [-0.15, -0.1) is 0 Å². The van der Waals surface area contributed by atoms with Crippen molar-refractivity contribution in [1.29, 1.82) is 0 Å². The lowest BCUT2D eigenvalue weighted by Crippen LogP contribution is -2.17. The molecule has 1 amide bonds. The van der Waals surface area contributed by atoms with Gasteiger partial charge in [-0.1, -0.05) is 18.9 Å². The number of nitrogen functional groups attached to an aromatic ring is 1. The molecule has 0 heterocycles. The molecule has 1 saturated carbocycles. The average Bonchev–Trinajstić information content (AvgIpc) is 2.76. The van der Waals surface area contributed by atoms with E-state index < -0.39 is 5.82 Å². The summed E-state index contributed by atoms with van der Waals surface area (Å²) < 4.78 is 13.4. The quantitative estimate of drug-likeness (QED) is 0.793. The molecule has 3 N–H and O–H groups in total. The second-order valence-corrected chi connectivity index (χ2v) is 4.61. The molecule has 3 nitrogen and oxygen atoms in total. The molecule has 0 radical (unpaired) electrons. The van der Waals surface area contributed by atoms with Crippen molar-refractivity contribution >= 4 is 17.3 Å². The van der Waals surface area contributed by atoms with Crippen LogP contribution in [0.5, 0.6) is 0 Å². The molecule has 0 aliphatic heterocycles. The lowest BCUT2D eigenvalue weighted by atomic mass is 10.0. The molecule has 1 fully saturated rings. The molecule has 0 atom stereocenters. The van der Waals surface area contributed by atoms with E-state index in [4.69, 9.17) is 5.73 Å². The van der Waals surface area contributed by atoms with Crippen molar-refractivity contribution < 1.29 is 9.18 Å². The Bertz CT molecular complexity index is 394. The summed E-state index contributed by atoms with van der Waals surface area (Å²) in [5.41, 5.74) is 6.00. The highest BCUT2D eigenvalue weighted by molar-refractivity contribution is 5.94. The minimum Gasteiger partial charge on any atom is -0.397 e. The third-order valence-electron chi connectivity index (χ3n) is 3.26. The monoisotopic (exact) mass is 236 g/mol. The fourth-order valence-corrected chi connectivity index (χ4v) is 2.34. The highest BCUT2D eigenvalue weighted by Gasteiger charge is 2.19. The first kappa shape index (κ1) is 11.9. The second-order valence-electron chi connectivity index (χ2n) is 4.61. The minimum atomic E-state index is -0.482. The Morgan fingerprint density at radius 3 is 2.76 bits per heavy atom. The Morgan fingerprint density at radius 1 is 1.41 bits per heavy atom. The number of hydrogen-bond donors (Lipinski definition) is 2. The van der Waals surface area contributed by atoms with Crippen LogP contribution in [0.1, 0.15) is 32.1 Å². The third-order valence-corrected chi connectivity index (χ3v) is 3.26. The Kier molecular flexibility index (Phi) is 3.61. The first-order valence-electron chi connectivity index (χ1n) is 6.00. The fraction of sp³-hybridized carbons (Fsp3) is 0.462. The number of carbonyl (C=O) groups excluding carboxylic acids is 1. The summed E-state index contributed by atoms with van der Waals surface area (Å²) in [6.07, 6.45) is 5.05. The van der Waals surface area contributed by atoms with E-state index in [1.165, 1.54) is 25.0 Å². The molecule has 4 heteroatoms. The normalized spacial score (nSPS) is 16.1. The highest BCUT2D eigenvalue weighted by Crippen LogP contribution is 2.28. The van der Waals surface area contributed by atoms with Crippen molar-refractivity contribution in [2.75, 3.05) is 11.1 Å². The molecule has 17 heavy (non-hydrogen) atoms. The zero-order valence-corrected chi connectivity index (χ0v) is 9.71.